The fraction of sp³-hybridized carbons (Fsp3) is 0.750. The predicted octanol–water partition coefficient (Wildman–Crippen LogP) is 3.63. The first kappa shape index (κ1) is 17.8. The van der Waals surface area contributed by atoms with Crippen LogP contribution in [0.2, 0.25) is 0 Å². The van der Waals surface area contributed by atoms with Crippen LogP contribution in [0.15, 0.2) is 12.4 Å². The molecule has 0 aromatic carbocycles. The number of nitrogens with one attached hydrogen (secondary N) is 1. The monoisotopic (exact) mass is 331 g/mol. The second-order valence-corrected chi connectivity index (χ2v) is 6.49. The Hall–Kier alpha value is -1.53. The molecule has 0 saturated heterocycles. The molecule has 0 radical (unpaired) electrons. The van der Waals surface area contributed by atoms with E-state index >= 15 is 0 Å². The van der Waals surface area contributed by atoms with Crippen molar-refractivity contribution in [3.05, 3.63) is 18.2 Å². The summed E-state index contributed by atoms with van der Waals surface area (Å²) in [5.74, 6) is -0.626. The minimum absolute atomic E-state index is 0.105. The Kier molecular flexibility index (Phi) is 5.70. The van der Waals surface area contributed by atoms with E-state index in [-0.39, 0.29) is 24.7 Å². The van der Waals surface area contributed by atoms with Crippen LogP contribution in [0, 0.1) is 5.92 Å². The van der Waals surface area contributed by atoms with Crippen molar-refractivity contribution in [3.63, 3.8) is 0 Å². The first-order valence-corrected chi connectivity index (χ1v) is 8.16. The van der Waals surface area contributed by atoms with Gasteiger partial charge in [0.15, 0.2) is 0 Å². The van der Waals surface area contributed by atoms with Gasteiger partial charge in [0.25, 0.3) is 0 Å². The van der Waals surface area contributed by atoms with Crippen molar-refractivity contribution in [2.75, 3.05) is 0 Å². The molecule has 1 aromatic rings. The van der Waals surface area contributed by atoms with E-state index in [0.29, 0.717) is 19.4 Å². The maximum atomic E-state index is 13.0. The lowest BCUT2D eigenvalue weighted by molar-refractivity contribution is -0.189. The number of alkyl halides is 3. The number of amides is 1. The van der Waals surface area contributed by atoms with Crippen LogP contribution in [0.1, 0.15) is 57.7 Å². The van der Waals surface area contributed by atoms with Gasteiger partial charge in [-0.05, 0) is 12.8 Å². The molecule has 1 fully saturated rings. The van der Waals surface area contributed by atoms with Crippen molar-refractivity contribution in [2.45, 2.75) is 70.6 Å². The van der Waals surface area contributed by atoms with Crippen LogP contribution in [-0.4, -0.2) is 27.7 Å². The van der Waals surface area contributed by atoms with Crippen LogP contribution in [0.25, 0.3) is 0 Å². The highest BCUT2D eigenvalue weighted by atomic mass is 19.4. The van der Waals surface area contributed by atoms with Gasteiger partial charge in [-0.2, -0.15) is 13.2 Å². The van der Waals surface area contributed by atoms with E-state index in [9.17, 15) is 18.0 Å². The summed E-state index contributed by atoms with van der Waals surface area (Å²) in [6, 6.07) is -0.788. The van der Waals surface area contributed by atoms with Crippen LogP contribution in [0.3, 0.4) is 0 Å². The molecule has 23 heavy (non-hydrogen) atoms. The van der Waals surface area contributed by atoms with E-state index in [1.54, 1.807) is 12.4 Å². The second kappa shape index (κ2) is 7.36. The molecule has 2 atom stereocenters. The largest absolute Gasteiger partial charge is 0.393 e. The summed E-state index contributed by atoms with van der Waals surface area (Å²) < 4.78 is 41.0. The quantitative estimate of drug-likeness (QED) is 0.895. The Balaban J connectivity index is 1.89. The summed E-state index contributed by atoms with van der Waals surface area (Å²) >= 11 is 0. The molecule has 0 bridgehead atoms. The fourth-order valence-corrected chi connectivity index (χ4v) is 3.21. The van der Waals surface area contributed by atoms with Gasteiger partial charge in [0.2, 0.25) is 5.91 Å². The molecule has 4 nitrogen and oxygen atoms in total. The fourth-order valence-electron chi connectivity index (χ4n) is 3.21. The number of carbonyl (C=O) groups excluding carboxylic acids is 1. The number of halogens is 3. The first-order valence-electron chi connectivity index (χ1n) is 8.16. The van der Waals surface area contributed by atoms with E-state index in [0.717, 1.165) is 12.2 Å². The number of imidazole rings is 1. The van der Waals surface area contributed by atoms with E-state index in [1.807, 2.05) is 18.4 Å². The highest BCUT2D eigenvalue weighted by Gasteiger charge is 2.45. The summed E-state index contributed by atoms with van der Waals surface area (Å²) in [5.41, 5.74) is 0. The third-order valence-electron chi connectivity index (χ3n) is 4.38. The molecule has 1 aliphatic carbocycles. The van der Waals surface area contributed by atoms with Crippen LogP contribution in [0.5, 0.6) is 0 Å². The molecular formula is C16H24F3N3O. The van der Waals surface area contributed by atoms with Gasteiger partial charge in [0.1, 0.15) is 5.82 Å². The number of nitrogens with zero attached hydrogens (tertiary/aromatic N) is 2. The lowest BCUT2D eigenvalue weighted by Crippen LogP contribution is -2.47. The molecule has 2 rings (SSSR count). The normalized spacial score (nSPS) is 22.3. The predicted molar refractivity (Wildman–Crippen MR) is 80.9 cm³/mol. The molecule has 1 N–H and O–H groups in total. The number of hydrogen-bond donors (Lipinski definition) is 1. The van der Waals surface area contributed by atoms with Crippen LogP contribution >= 0.6 is 0 Å². The van der Waals surface area contributed by atoms with Gasteiger partial charge in [-0.3, -0.25) is 4.79 Å². The standard InChI is InChI=1S/C16H24F3N3O/c1-11(2)15-20-8-10-22(15)9-7-14(23)21-13-6-4-3-5-12(13)16(17,18)19/h8,10-13H,3-7,9H2,1-2H3,(H,21,23)/t12-,13+/m1/s1. The molecule has 1 amide bonds. The van der Waals surface area contributed by atoms with Gasteiger partial charge in [-0.15, -0.1) is 0 Å². The van der Waals surface area contributed by atoms with Crippen molar-refractivity contribution in [1.29, 1.82) is 0 Å². The molecule has 1 aliphatic rings. The van der Waals surface area contributed by atoms with Crippen LogP contribution < -0.4 is 5.32 Å². The second-order valence-electron chi connectivity index (χ2n) is 6.49. The van der Waals surface area contributed by atoms with Crippen LogP contribution in [0.4, 0.5) is 13.2 Å². The van der Waals surface area contributed by atoms with Crippen molar-refractivity contribution >= 4 is 5.91 Å². The minimum Gasteiger partial charge on any atom is -0.353 e. The Bertz CT molecular complexity index is 525. The number of aromatic nitrogens is 2. The summed E-state index contributed by atoms with van der Waals surface area (Å²) in [7, 11) is 0. The average Bonchev–Trinajstić information content (AvgIpc) is 2.93. The Labute approximate surface area is 134 Å². The number of aryl methyl sites for hydroxylation is 1. The highest BCUT2D eigenvalue weighted by Crippen LogP contribution is 2.37. The summed E-state index contributed by atoms with van der Waals surface area (Å²) in [6.45, 7) is 4.45. The van der Waals surface area contributed by atoms with Crippen molar-refractivity contribution in [3.8, 4) is 0 Å². The molecule has 0 unspecified atom stereocenters. The maximum Gasteiger partial charge on any atom is 0.393 e. The molecule has 0 spiro atoms. The zero-order valence-electron chi connectivity index (χ0n) is 13.6. The summed E-state index contributed by atoms with van der Waals surface area (Å²) in [6.07, 6.45) is 1.20. The van der Waals surface area contributed by atoms with Gasteiger partial charge in [-0.25, -0.2) is 4.98 Å². The summed E-state index contributed by atoms with van der Waals surface area (Å²) in [4.78, 5) is 16.3. The zero-order chi connectivity index (χ0) is 17.0. The first-order chi connectivity index (χ1) is 10.8. The highest BCUT2D eigenvalue weighted by molar-refractivity contribution is 5.76. The minimum atomic E-state index is -4.24. The van der Waals surface area contributed by atoms with Gasteiger partial charge in [0, 0.05) is 37.3 Å². The van der Waals surface area contributed by atoms with Gasteiger partial charge >= 0.3 is 6.18 Å². The SMILES string of the molecule is CC(C)c1nccn1CCC(=O)N[C@H]1CCCC[C@H]1C(F)(F)F. The van der Waals surface area contributed by atoms with Crippen LogP contribution in [-0.2, 0) is 11.3 Å². The Morgan fingerprint density at radius 1 is 1.39 bits per heavy atom. The lowest BCUT2D eigenvalue weighted by atomic mass is 9.84. The third kappa shape index (κ3) is 4.72. The van der Waals surface area contributed by atoms with Crippen molar-refractivity contribution in [2.24, 2.45) is 5.92 Å². The third-order valence-corrected chi connectivity index (χ3v) is 4.38. The molecule has 0 aliphatic heterocycles. The lowest BCUT2D eigenvalue weighted by Gasteiger charge is -2.33. The van der Waals surface area contributed by atoms with Crippen molar-refractivity contribution in [1.82, 2.24) is 14.9 Å². The molecule has 1 heterocycles. The molecule has 7 heteroatoms. The van der Waals surface area contributed by atoms with E-state index < -0.39 is 18.1 Å². The summed E-state index contributed by atoms with van der Waals surface area (Å²) in [5, 5.41) is 2.59. The van der Waals surface area contributed by atoms with Gasteiger partial charge in [-0.1, -0.05) is 26.7 Å². The molecular weight excluding hydrogens is 307 g/mol. The van der Waals surface area contributed by atoms with Crippen molar-refractivity contribution < 1.29 is 18.0 Å². The van der Waals surface area contributed by atoms with E-state index in [1.165, 1.54) is 0 Å². The van der Waals surface area contributed by atoms with E-state index in [4.69, 9.17) is 0 Å². The number of hydrogen-bond acceptors (Lipinski definition) is 2. The average molecular weight is 331 g/mol. The van der Waals surface area contributed by atoms with Gasteiger partial charge in [0.05, 0.1) is 5.92 Å². The molecule has 1 aromatic heterocycles. The zero-order valence-corrected chi connectivity index (χ0v) is 13.6. The number of rotatable bonds is 5. The topological polar surface area (TPSA) is 46.9 Å². The smallest absolute Gasteiger partial charge is 0.353 e. The van der Waals surface area contributed by atoms with Gasteiger partial charge < -0.3 is 9.88 Å². The Morgan fingerprint density at radius 2 is 2.09 bits per heavy atom. The molecule has 1 saturated carbocycles. The Morgan fingerprint density at radius 3 is 2.74 bits per heavy atom. The number of carbonyl (C=O) groups is 1. The maximum absolute atomic E-state index is 13.0. The van der Waals surface area contributed by atoms with E-state index in [2.05, 4.69) is 10.3 Å². The molecule has 130 valence electrons.